The predicted molar refractivity (Wildman–Crippen MR) is 359 cm³/mol. The monoisotopic (exact) mass is 1110 g/mol. The molecular formula is C81H80N2S. The van der Waals surface area contributed by atoms with Gasteiger partial charge in [0.1, 0.15) is 0 Å². The van der Waals surface area contributed by atoms with Crippen LogP contribution in [0.15, 0.2) is 241 Å². The van der Waals surface area contributed by atoms with E-state index in [9.17, 15) is 0 Å². The number of unbranched alkanes of at least 4 members (excludes halogenated alkanes) is 1. The van der Waals surface area contributed by atoms with Gasteiger partial charge < -0.3 is 9.80 Å². The average molecular weight is 1110 g/mol. The minimum atomic E-state index is -0.243. The van der Waals surface area contributed by atoms with Gasteiger partial charge in [0.15, 0.2) is 0 Å². The van der Waals surface area contributed by atoms with Crippen molar-refractivity contribution in [2.75, 3.05) is 4.90 Å². The lowest BCUT2D eigenvalue weighted by molar-refractivity contribution is 0.236. The minimum absolute atomic E-state index is 0.0142. The Bertz CT molecular complexity index is 4040. The van der Waals surface area contributed by atoms with Gasteiger partial charge in [-0.1, -0.05) is 267 Å². The third-order valence-corrected chi connectivity index (χ3v) is 21.0. The first-order valence-electron chi connectivity index (χ1n) is 31.0. The fourth-order valence-electron chi connectivity index (χ4n) is 15.7. The van der Waals surface area contributed by atoms with Gasteiger partial charge in [0, 0.05) is 60.5 Å². The third-order valence-electron chi connectivity index (χ3n) is 19.7. The van der Waals surface area contributed by atoms with E-state index in [1.54, 1.807) is 0 Å². The molecule has 9 unspecified atom stereocenters. The first-order chi connectivity index (χ1) is 40.7. The molecule has 13 rings (SSSR count). The highest BCUT2D eigenvalue weighted by atomic mass is 32.1. The molecule has 0 saturated heterocycles. The fourth-order valence-corrected chi connectivity index (χ4v) is 17.1. The molecule has 0 radical (unpaired) electrons. The van der Waals surface area contributed by atoms with Gasteiger partial charge in [-0.15, -0.1) is 17.8 Å². The summed E-state index contributed by atoms with van der Waals surface area (Å²) in [6, 6.07) is 33.2. The minimum Gasteiger partial charge on any atom is -0.357 e. The molecule has 1 saturated carbocycles. The van der Waals surface area contributed by atoms with Crippen molar-refractivity contribution in [1.82, 2.24) is 4.90 Å². The lowest BCUT2D eigenvalue weighted by Crippen LogP contribution is -2.47. The molecule has 5 aromatic rings. The molecule has 4 aromatic carbocycles. The van der Waals surface area contributed by atoms with Crippen LogP contribution in [-0.2, 0) is 10.8 Å². The van der Waals surface area contributed by atoms with E-state index in [0.29, 0.717) is 11.8 Å². The highest BCUT2D eigenvalue weighted by molar-refractivity contribution is 7.10. The zero-order chi connectivity index (χ0) is 58.1. The number of allylic oxidation sites excluding steroid dienone is 18. The SMILES string of the molecule is C#C/C(=C\C=C(/C)C1C=C=C(N(C(=C)/C=C\CCC)C2=c3c4c(sc3=CC3C2c2c(ccc5ccccc25)C32C3C=CC=CC3C3C=CC=CC32)C(N(c2ccc(-c3ccc(C(C)(C)C)cc3)cc2)C2C=CC=CC2)CC=C4)C=C1)C(C)(C)C. The second kappa shape index (κ2) is 22.0. The topological polar surface area (TPSA) is 6.48 Å². The van der Waals surface area contributed by atoms with Crippen LogP contribution in [0.2, 0.25) is 0 Å². The van der Waals surface area contributed by atoms with Crippen molar-refractivity contribution in [1.29, 1.82) is 0 Å². The Hall–Kier alpha value is -7.86. The van der Waals surface area contributed by atoms with Crippen molar-refractivity contribution >= 4 is 45.6 Å². The van der Waals surface area contributed by atoms with E-state index in [-0.39, 0.29) is 57.9 Å². The summed E-state index contributed by atoms with van der Waals surface area (Å²) in [6.07, 6.45) is 62.5. The van der Waals surface area contributed by atoms with Crippen LogP contribution < -0.4 is 14.7 Å². The van der Waals surface area contributed by atoms with E-state index in [0.717, 1.165) is 42.7 Å². The molecule has 0 amide bonds. The van der Waals surface area contributed by atoms with Crippen molar-refractivity contribution in [3.63, 3.8) is 0 Å². The lowest BCUT2D eigenvalue weighted by atomic mass is 9.59. The molecule has 8 aliphatic rings. The van der Waals surface area contributed by atoms with Crippen molar-refractivity contribution in [2.24, 2.45) is 40.9 Å². The second-order valence-corrected chi connectivity index (χ2v) is 27.7. The highest BCUT2D eigenvalue weighted by Crippen LogP contribution is 2.71. The van der Waals surface area contributed by atoms with Crippen LogP contribution in [0.1, 0.15) is 120 Å². The van der Waals surface area contributed by atoms with Crippen molar-refractivity contribution in [2.45, 2.75) is 110 Å². The summed E-state index contributed by atoms with van der Waals surface area (Å²) in [7, 11) is 0. The van der Waals surface area contributed by atoms with Crippen LogP contribution in [0.25, 0.3) is 39.7 Å². The van der Waals surface area contributed by atoms with Crippen LogP contribution in [-0.4, -0.2) is 10.9 Å². The summed E-state index contributed by atoms with van der Waals surface area (Å²) in [4.78, 5) is 6.76. The van der Waals surface area contributed by atoms with Gasteiger partial charge in [-0.3, -0.25) is 0 Å². The summed E-state index contributed by atoms with van der Waals surface area (Å²) in [5, 5.41) is 3.98. The number of hydrogen-bond donors (Lipinski definition) is 0. The zero-order valence-corrected chi connectivity index (χ0v) is 51.2. The molecule has 1 fully saturated rings. The molecule has 0 N–H and O–H groups in total. The smallest absolute Gasteiger partial charge is 0.0882 e. The summed E-state index contributed by atoms with van der Waals surface area (Å²) >= 11 is 2.05. The summed E-state index contributed by atoms with van der Waals surface area (Å²) < 4.78 is 1.37. The molecule has 8 aliphatic carbocycles. The van der Waals surface area contributed by atoms with Gasteiger partial charge >= 0.3 is 0 Å². The Morgan fingerprint density at radius 2 is 1.48 bits per heavy atom. The van der Waals surface area contributed by atoms with E-state index in [1.165, 1.54) is 75.7 Å². The maximum atomic E-state index is 6.07. The van der Waals surface area contributed by atoms with Crippen molar-refractivity contribution in [3.8, 4) is 23.5 Å². The fraction of sp³-hybridized carbons (Fsp3) is 0.296. The molecule has 1 heterocycles. The van der Waals surface area contributed by atoms with Crippen LogP contribution in [0.5, 0.6) is 0 Å². The van der Waals surface area contributed by atoms with Gasteiger partial charge in [-0.25, -0.2) is 0 Å². The molecule has 2 nitrogen and oxygen atoms in total. The first kappa shape index (κ1) is 55.3. The van der Waals surface area contributed by atoms with Crippen LogP contribution >= 0.6 is 11.3 Å². The summed E-state index contributed by atoms with van der Waals surface area (Å²) in [6.45, 7) is 23.0. The number of benzene rings is 4. The van der Waals surface area contributed by atoms with Gasteiger partial charge in [0.05, 0.1) is 17.8 Å². The standard InChI is InChI=1S/C81H80N2S/c1-11-13-15-25-54(4)82(62-47-39-55(40-48-62)53(3)36-44-59(12-2)79(5,6)7)77-75-67-32-24-35-72(83(61-27-16-14-17-28-61)63-49-41-57(42-50-63)56-37-45-60(46-38-56)80(8,9)10)78(67)84-73(75)52-71-76(77)74-64-29-19-18-26-58(64)43-51-70(74)81(71)68-33-22-20-30-65(68)66-31-21-23-34-69(66)81/h2,14-27,29-34,36-47,49-52,55,61,65-66,68-69,71-72,76H,4,11,13,28,35H2,1,3,5-10H3/b25-15-,53-36+,59-44+. The second-order valence-electron chi connectivity index (χ2n) is 26.6. The number of terminal acetylenes is 1. The Labute approximate surface area is 504 Å². The number of thiophene rings is 1. The Morgan fingerprint density at radius 3 is 2.13 bits per heavy atom. The number of fused-ring (bicyclic) bond motifs is 15. The predicted octanol–water partition coefficient (Wildman–Crippen LogP) is 18.9. The van der Waals surface area contributed by atoms with E-state index in [1.807, 2.05) is 0 Å². The van der Waals surface area contributed by atoms with Gasteiger partial charge in [-0.2, -0.15) is 0 Å². The molecule has 1 aromatic heterocycles. The maximum Gasteiger partial charge on any atom is 0.0882 e. The molecule has 1 spiro atoms. The quantitative estimate of drug-likeness (QED) is 0.0698. The van der Waals surface area contributed by atoms with Gasteiger partial charge in [0.2, 0.25) is 0 Å². The normalized spacial score (nSPS) is 26.9. The molecule has 420 valence electrons. The molecule has 0 bridgehead atoms. The molecule has 84 heavy (non-hydrogen) atoms. The molecule has 3 heteroatoms. The molecular weight excluding hydrogens is 1030 g/mol. The van der Waals surface area contributed by atoms with Crippen LogP contribution in [0.3, 0.4) is 0 Å². The summed E-state index contributed by atoms with van der Waals surface area (Å²) in [5.41, 5.74) is 18.6. The maximum absolute atomic E-state index is 6.07. The van der Waals surface area contributed by atoms with Crippen molar-refractivity contribution < 1.29 is 0 Å². The van der Waals surface area contributed by atoms with Crippen molar-refractivity contribution in [3.05, 3.63) is 278 Å². The van der Waals surface area contributed by atoms with Crippen LogP contribution in [0, 0.1) is 53.3 Å². The van der Waals surface area contributed by atoms with Gasteiger partial charge in [0.25, 0.3) is 0 Å². The number of rotatable bonds is 12. The Balaban J connectivity index is 1.06. The average Bonchev–Trinajstić information content (AvgIpc) is 1.51. The number of anilines is 1. The molecule has 0 aliphatic heterocycles. The van der Waals surface area contributed by atoms with E-state index in [2.05, 4.69) is 307 Å². The molecule has 9 atom stereocenters. The Morgan fingerprint density at radius 1 is 0.774 bits per heavy atom. The number of hydrogen-bond acceptors (Lipinski definition) is 3. The summed E-state index contributed by atoms with van der Waals surface area (Å²) in [5.74, 6) is 4.45. The lowest BCUT2D eigenvalue weighted by Gasteiger charge is -2.45. The third kappa shape index (κ3) is 9.33. The van der Waals surface area contributed by atoms with E-state index < -0.39 is 0 Å². The number of nitrogens with zero attached hydrogens (tertiary/aromatic N) is 2. The zero-order valence-electron chi connectivity index (χ0n) is 50.4. The largest absolute Gasteiger partial charge is 0.357 e. The highest BCUT2D eigenvalue weighted by Gasteiger charge is 2.67. The van der Waals surface area contributed by atoms with Crippen LogP contribution in [0.4, 0.5) is 5.69 Å². The Kier molecular flexibility index (Phi) is 14.5. The van der Waals surface area contributed by atoms with Gasteiger partial charge in [-0.05, 0) is 135 Å². The van der Waals surface area contributed by atoms with E-state index in [4.69, 9.17) is 13.0 Å². The van der Waals surface area contributed by atoms with E-state index >= 15 is 0 Å². The first-order valence-corrected chi connectivity index (χ1v) is 31.8.